The largest absolute Gasteiger partial charge is 0.278 e. The molecule has 66 valence electrons. The molecule has 0 aliphatic heterocycles. The van der Waals surface area contributed by atoms with Gasteiger partial charge in [-0.15, -0.1) is 0 Å². The van der Waals surface area contributed by atoms with Crippen LogP contribution in [0.1, 0.15) is 13.3 Å². The molecule has 0 heterocycles. The summed E-state index contributed by atoms with van der Waals surface area (Å²) in [7, 11) is -3.71. The van der Waals surface area contributed by atoms with Gasteiger partial charge < -0.3 is 0 Å². The summed E-state index contributed by atoms with van der Waals surface area (Å²) in [5, 5.41) is 0. The van der Waals surface area contributed by atoms with Crippen molar-refractivity contribution in [1.82, 2.24) is 0 Å². The second-order valence-electron chi connectivity index (χ2n) is 2.40. The molecule has 1 atom stereocenters. The van der Waals surface area contributed by atoms with Gasteiger partial charge in [-0.3, -0.25) is 4.18 Å². The molecule has 1 aliphatic rings. The first-order valence-corrected chi connectivity index (χ1v) is 4.74. The van der Waals surface area contributed by atoms with Crippen molar-refractivity contribution in [1.29, 1.82) is 0 Å². The first-order chi connectivity index (χ1) is 4.87. The maximum atomic E-state index is 12.1. The summed E-state index contributed by atoms with van der Waals surface area (Å²) in [6.07, 6.45) is -1.89. The van der Waals surface area contributed by atoms with E-state index in [0.717, 1.165) is 0 Å². The zero-order valence-electron chi connectivity index (χ0n) is 5.88. The smallest absolute Gasteiger partial charge is 0.260 e. The Morgan fingerprint density at radius 1 is 1.64 bits per heavy atom. The van der Waals surface area contributed by atoms with Crippen LogP contribution in [0, 0.1) is 0 Å². The average molecular weight is 186 g/mol. The Morgan fingerprint density at radius 3 is 2.36 bits per heavy atom. The van der Waals surface area contributed by atoms with E-state index in [1.165, 1.54) is 6.92 Å². The lowest BCUT2D eigenvalue weighted by Crippen LogP contribution is -2.13. The summed E-state index contributed by atoms with van der Waals surface area (Å²) in [4.78, 5) is 0. The van der Waals surface area contributed by atoms with E-state index in [1.807, 2.05) is 0 Å². The van der Waals surface area contributed by atoms with Crippen LogP contribution < -0.4 is 0 Å². The van der Waals surface area contributed by atoms with Crippen LogP contribution >= 0.6 is 0 Å². The van der Waals surface area contributed by atoms with Crippen molar-refractivity contribution in [3.8, 4) is 0 Å². The normalized spacial score (nSPS) is 28.5. The van der Waals surface area contributed by atoms with Crippen molar-refractivity contribution in [2.24, 2.45) is 0 Å². The van der Waals surface area contributed by atoms with Crippen molar-refractivity contribution < 1.29 is 21.4 Å². The van der Waals surface area contributed by atoms with Gasteiger partial charge >= 0.3 is 0 Å². The molecule has 0 aromatic rings. The molecule has 0 N–H and O–H groups in total. The van der Waals surface area contributed by atoms with Crippen LogP contribution in [0.5, 0.6) is 0 Å². The third kappa shape index (κ3) is 2.10. The topological polar surface area (TPSA) is 43.4 Å². The van der Waals surface area contributed by atoms with E-state index in [-0.39, 0.29) is 5.75 Å². The summed E-state index contributed by atoms with van der Waals surface area (Å²) in [5.41, 5.74) is 0. The zero-order valence-corrected chi connectivity index (χ0v) is 6.70. The van der Waals surface area contributed by atoms with Crippen LogP contribution in [-0.4, -0.2) is 26.2 Å². The Hall–Kier alpha value is -0.230. The van der Waals surface area contributed by atoms with Gasteiger partial charge in [-0.05, 0) is 6.92 Å². The number of hydrogen-bond donors (Lipinski definition) is 0. The Labute approximate surface area is 63.5 Å². The maximum Gasteiger partial charge on any atom is 0.278 e. The second kappa shape index (κ2) is 2.38. The van der Waals surface area contributed by atoms with Crippen LogP contribution in [-0.2, 0) is 14.3 Å². The number of halogens is 2. The van der Waals surface area contributed by atoms with E-state index < -0.39 is 28.6 Å². The highest BCUT2D eigenvalue weighted by atomic mass is 32.2. The average Bonchev–Trinajstić information content (AvgIpc) is 2.39. The Bertz CT molecular complexity index is 246. The number of hydrogen-bond acceptors (Lipinski definition) is 3. The van der Waals surface area contributed by atoms with Gasteiger partial charge in [0.1, 0.15) is 6.10 Å². The molecule has 0 aromatic heterocycles. The minimum absolute atomic E-state index is 0.264. The predicted molar refractivity (Wildman–Crippen MR) is 33.9 cm³/mol. The Balaban J connectivity index is 2.47. The second-order valence-corrected chi connectivity index (χ2v) is 4.28. The van der Waals surface area contributed by atoms with Crippen molar-refractivity contribution in [3.05, 3.63) is 0 Å². The standard InChI is InChI=1S/C5H8F2O3S/c1-2-11(8,9)10-4-3-5(4,6)7/h4H,2-3H2,1H3. The SMILES string of the molecule is CCS(=O)(=O)OC1CC1(F)F. The first kappa shape index (κ1) is 8.86. The van der Waals surface area contributed by atoms with E-state index >= 15 is 0 Å². The highest BCUT2D eigenvalue weighted by molar-refractivity contribution is 7.86. The zero-order chi connectivity index (χ0) is 8.70. The molecular formula is C5H8F2O3S. The van der Waals surface area contributed by atoms with Gasteiger partial charge in [0.25, 0.3) is 16.0 Å². The fraction of sp³-hybridized carbons (Fsp3) is 1.00. The van der Waals surface area contributed by atoms with Gasteiger partial charge in [0.2, 0.25) is 0 Å². The molecular weight excluding hydrogens is 178 g/mol. The van der Waals surface area contributed by atoms with Crippen molar-refractivity contribution >= 4 is 10.1 Å². The van der Waals surface area contributed by atoms with E-state index in [4.69, 9.17) is 0 Å². The minimum atomic E-state index is -3.71. The number of rotatable bonds is 3. The lowest BCUT2D eigenvalue weighted by molar-refractivity contribution is 0.0686. The molecule has 1 fully saturated rings. The summed E-state index contributed by atoms with van der Waals surface area (Å²) < 4.78 is 49.4. The Morgan fingerprint density at radius 2 is 2.09 bits per heavy atom. The van der Waals surface area contributed by atoms with Crippen molar-refractivity contribution in [2.45, 2.75) is 25.4 Å². The molecule has 3 nitrogen and oxygen atoms in total. The van der Waals surface area contributed by atoms with Gasteiger partial charge in [-0.25, -0.2) is 8.78 Å². The highest BCUT2D eigenvalue weighted by Gasteiger charge is 2.60. The molecule has 0 amide bonds. The van der Waals surface area contributed by atoms with Crippen LogP contribution in [0.2, 0.25) is 0 Å². The van der Waals surface area contributed by atoms with Crippen LogP contribution in [0.25, 0.3) is 0 Å². The fourth-order valence-electron chi connectivity index (χ4n) is 0.538. The van der Waals surface area contributed by atoms with Gasteiger partial charge in [0.15, 0.2) is 0 Å². The summed E-state index contributed by atoms with van der Waals surface area (Å²) >= 11 is 0. The predicted octanol–water partition coefficient (Wildman–Crippen LogP) is 0.760. The summed E-state index contributed by atoms with van der Waals surface area (Å²) in [5.74, 6) is -3.19. The molecule has 0 aromatic carbocycles. The van der Waals surface area contributed by atoms with Crippen LogP contribution in [0.3, 0.4) is 0 Å². The monoisotopic (exact) mass is 186 g/mol. The third-order valence-electron chi connectivity index (χ3n) is 1.38. The molecule has 0 spiro atoms. The van der Waals surface area contributed by atoms with Crippen LogP contribution in [0.4, 0.5) is 8.78 Å². The van der Waals surface area contributed by atoms with Gasteiger partial charge in [-0.2, -0.15) is 8.42 Å². The maximum absolute atomic E-state index is 12.1. The van der Waals surface area contributed by atoms with Crippen molar-refractivity contribution in [3.63, 3.8) is 0 Å². The van der Waals surface area contributed by atoms with E-state index in [1.54, 1.807) is 0 Å². The fourth-order valence-corrected chi connectivity index (χ4v) is 1.24. The van der Waals surface area contributed by atoms with Crippen LogP contribution in [0.15, 0.2) is 0 Å². The molecule has 1 aliphatic carbocycles. The number of alkyl halides is 2. The first-order valence-electron chi connectivity index (χ1n) is 3.16. The Kier molecular flexibility index (Phi) is 1.92. The third-order valence-corrected chi connectivity index (χ3v) is 2.62. The van der Waals surface area contributed by atoms with Gasteiger partial charge in [-0.1, -0.05) is 0 Å². The minimum Gasteiger partial charge on any atom is -0.260 e. The molecule has 11 heavy (non-hydrogen) atoms. The lowest BCUT2D eigenvalue weighted by Gasteiger charge is -1.99. The van der Waals surface area contributed by atoms with E-state index in [9.17, 15) is 17.2 Å². The molecule has 1 unspecified atom stereocenters. The summed E-state index contributed by atoms with van der Waals surface area (Å²) in [6.45, 7) is 1.34. The molecule has 6 heteroatoms. The van der Waals surface area contributed by atoms with Gasteiger partial charge in [0, 0.05) is 6.42 Å². The molecule has 0 radical (unpaired) electrons. The lowest BCUT2D eigenvalue weighted by atomic mass is 10.8. The molecule has 0 bridgehead atoms. The van der Waals surface area contributed by atoms with E-state index in [0.29, 0.717) is 0 Å². The molecule has 0 saturated heterocycles. The van der Waals surface area contributed by atoms with Crippen molar-refractivity contribution in [2.75, 3.05) is 5.75 Å². The highest BCUT2D eigenvalue weighted by Crippen LogP contribution is 2.45. The molecule has 1 rings (SSSR count). The van der Waals surface area contributed by atoms with E-state index in [2.05, 4.69) is 4.18 Å². The molecule has 1 saturated carbocycles. The summed E-state index contributed by atoms with van der Waals surface area (Å²) in [6, 6.07) is 0. The van der Waals surface area contributed by atoms with Gasteiger partial charge in [0.05, 0.1) is 5.75 Å². The quantitative estimate of drug-likeness (QED) is 0.611.